The van der Waals surface area contributed by atoms with Crippen LogP contribution < -0.4 is 9.64 Å². The van der Waals surface area contributed by atoms with Crippen molar-refractivity contribution in [1.29, 1.82) is 0 Å². The van der Waals surface area contributed by atoms with Crippen molar-refractivity contribution in [2.24, 2.45) is 11.8 Å². The highest BCUT2D eigenvalue weighted by Crippen LogP contribution is 2.48. The number of alkyl halides is 4. The molecular formula is C36H32F6N4O4S. The molecular weight excluding hydrogens is 698 g/mol. The monoisotopic (exact) mass is 730 g/mol. The molecule has 1 N–H and O–H groups in total. The lowest BCUT2D eigenvalue weighted by Gasteiger charge is -2.38. The minimum Gasteiger partial charge on any atom is -0.508 e. The summed E-state index contributed by atoms with van der Waals surface area (Å²) in [6.07, 6.45) is 6.89. The third-order valence-electron chi connectivity index (χ3n) is 11.2. The maximum Gasteiger partial charge on any atom is 0.497 e. The second kappa shape index (κ2) is 11.9. The van der Waals surface area contributed by atoms with Crippen molar-refractivity contribution in [3.63, 3.8) is 0 Å². The van der Waals surface area contributed by atoms with E-state index in [1.54, 1.807) is 4.90 Å². The van der Waals surface area contributed by atoms with Gasteiger partial charge in [-0.05, 0) is 79.3 Å². The number of hydrogen-bond acceptors (Lipinski definition) is 8. The number of hydrogen-bond donors (Lipinski definition) is 1. The summed E-state index contributed by atoms with van der Waals surface area (Å²) in [6, 6.07) is 7.86. The van der Waals surface area contributed by atoms with Crippen LogP contribution in [0.25, 0.3) is 32.8 Å². The molecule has 1 aliphatic carbocycles. The van der Waals surface area contributed by atoms with Gasteiger partial charge in [-0.1, -0.05) is 18.1 Å². The van der Waals surface area contributed by atoms with Gasteiger partial charge in [0, 0.05) is 42.4 Å². The first-order valence-electron chi connectivity index (χ1n) is 16.7. The number of piperidine rings is 1. The first-order chi connectivity index (χ1) is 24.2. The summed E-state index contributed by atoms with van der Waals surface area (Å²) in [5.74, 6) is -1.07. The number of phenols is 1. The first kappa shape index (κ1) is 33.8. The molecule has 4 fully saturated rings. The summed E-state index contributed by atoms with van der Waals surface area (Å²) in [6.45, 7) is 0.798. The molecule has 51 heavy (non-hydrogen) atoms. The number of aromatic hydroxyl groups is 1. The van der Waals surface area contributed by atoms with Crippen LogP contribution in [0, 0.1) is 35.8 Å². The van der Waals surface area contributed by atoms with Gasteiger partial charge in [-0.15, -0.1) is 6.42 Å². The standard InChI is InChI=1S/C36H32F6N4O4S/c1-2-24-28(38)9-6-19-12-23(47)13-27(29(19)24)25-7-8-26-31(30(25)39)43-34(50-18-35-10-3-11-46(35)17-22(37)14-35)44-33(26)45-15-20-4-5-21(16-45)32(20)51(48,49)36(40,41)42/h1,6-9,12-13,20-22,32,47H,3-5,10-11,14-18H2/t20-,21+,22-,32?,35+/m1/s1. The van der Waals surface area contributed by atoms with Crippen molar-refractivity contribution in [2.45, 2.75) is 54.6 Å². The minimum absolute atomic E-state index is 0.0127. The van der Waals surface area contributed by atoms with Gasteiger partial charge in [0.2, 0.25) is 0 Å². The molecule has 3 aliphatic heterocycles. The van der Waals surface area contributed by atoms with Crippen molar-refractivity contribution < 1.29 is 44.6 Å². The first-order valence-corrected chi connectivity index (χ1v) is 18.2. The van der Waals surface area contributed by atoms with E-state index in [9.17, 15) is 35.5 Å². The van der Waals surface area contributed by atoms with Gasteiger partial charge in [0.05, 0.1) is 16.4 Å². The fraction of sp³-hybridized carbons (Fsp3) is 0.444. The number of nitrogens with zero attached hydrogens (tertiary/aromatic N) is 4. The van der Waals surface area contributed by atoms with Crippen LogP contribution in [-0.2, 0) is 9.84 Å². The Morgan fingerprint density at radius 1 is 1.04 bits per heavy atom. The van der Waals surface area contributed by atoms with Gasteiger partial charge in [-0.3, -0.25) is 4.90 Å². The minimum atomic E-state index is -5.44. The zero-order chi connectivity index (χ0) is 36.0. The normalized spacial score (nSPS) is 26.6. The van der Waals surface area contributed by atoms with Gasteiger partial charge in [0.25, 0.3) is 9.84 Å². The van der Waals surface area contributed by atoms with Gasteiger partial charge < -0.3 is 14.7 Å². The highest BCUT2D eigenvalue weighted by Gasteiger charge is 2.59. The molecule has 1 aromatic heterocycles. The van der Waals surface area contributed by atoms with Crippen molar-refractivity contribution in [2.75, 3.05) is 37.7 Å². The van der Waals surface area contributed by atoms with Crippen LogP contribution in [0.4, 0.5) is 32.2 Å². The zero-order valence-electron chi connectivity index (χ0n) is 27.1. The maximum absolute atomic E-state index is 16.9. The number of phenolic OH excluding ortho intramolecular Hbond substituents is 1. The molecule has 4 aliphatic rings. The van der Waals surface area contributed by atoms with E-state index in [1.165, 1.54) is 30.3 Å². The smallest absolute Gasteiger partial charge is 0.497 e. The van der Waals surface area contributed by atoms with Crippen molar-refractivity contribution in [3.05, 3.63) is 53.6 Å². The summed E-state index contributed by atoms with van der Waals surface area (Å²) in [5, 5.41) is 9.68. The number of ether oxygens (including phenoxy) is 1. The van der Waals surface area contributed by atoms with Crippen molar-refractivity contribution in [1.82, 2.24) is 14.9 Å². The Hall–Kier alpha value is -4.29. The lowest BCUT2D eigenvalue weighted by atomic mass is 9.93. The quantitative estimate of drug-likeness (QED) is 0.177. The van der Waals surface area contributed by atoms with Crippen LogP contribution in [0.1, 0.15) is 37.7 Å². The molecule has 3 aromatic carbocycles. The molecule has 15 heteroatoms. The van der Waals surface area contributed by atoms with Crippen LogP contribution in [0.15, 0.2) is 36.4 Å². The van der Waals surface area contributed by atoms with E-state index in [1.807, 2.05) is 4.90 Å². The van der Waals surface area contributed by atoms with Crippen LogP contribution in [0.2, 0.25) is 0 Å². The second-order valence-electron chi connectivity index (χ2n) is 14.1. The number of rotatable bonds is 6. The molecule has 3 saturated heterocycles. The molecule has 5 atom stereocenters. The van der Waals surface area contributed by atoms with Crippen molar-refractivity contribution >= 4 is 37.3 Å². The molecule has 8 nitrogen and oxygen atoms in total. The summed E-state index contributed by atoms with van der Waals surface area (Å²) >= 11 is 0. The predicted molar refractivity (Wildman–Crippen MR) is 178 cm³/mol. The van der Waals surface area contributed by atoms with Gasteiger partial charge in [-0.2, -0.15) is 23.1 Å². The third kappa shape index (κ3) is 5.35. The number of halogens is 6. The highest BCUT2D eigenvalue weighted by molar-refractivity contribution is 7.92. The number of terminal acetylenes is 1. The van der Waals surface area contributed by atoms with Gasteiger partial charge in [0.15, 0.2) is 5.82 Å². The van der Waals surface area contributed by atoms with Crippen LogP contribution in [0.5, 0.6) is 11.8 Å². The Bertz CT molecular complexity index is 2230. The van der Waals surface area contributed by atoms with Crippen molar-refractivity contribution in [3.8, 4) is 35.2 Å². The zero-order valence-corrected chi connectivity index (χ0v) is 27.9. The summed E-state index contributed by atoms with van der Waals surface area (Å²) < 4.78 is 119. The average molecular weight is 731 g/mol. The Morgan fingerprint density at radius 3 is 2.49 bits per heavy atom. The number of aromatic nitrogens is 2. The fourth-order valence-electron chi connectivity index (χ4n) is 9.07. The molecule has 4 heterocycles. The molecule has 1 saturated carbocycles. The lowest BCUT2D eigenvalue weighted by molar-refractivity contribution is -0.0453. The van der Waals surface area contributed by atoms with Gasteiger partial charge in [0.1, 0.15) is 35.7 Å². The van der Waals surface area contributed by atoms with Gasteiger partial charge >= 0.3 is 11.5 Å². The predicted octanol–water partition coefficient (Wildman–Crippen LogP) is 6.52. The van der Waals surface area contributed by atoms with Crippen LogP contribution in [-0.4, -0.2) is 83.6 Å². The second-order valence-corrected chi connectivity index (χ2v) is 16.2. The largest absolute Gasteiger partial charge is 0.508 e. The molecule has 0 amide bonds. The van der Waals surface area contributed by atoms with Gasteiger partial charge in [-0.25, -0.2) is 21.6 Å². The highest BCUT2D eigenvalue weighted by atomic mass is 32.2. The van der Waals surface area contributed by atoms with E-state index >= 15 is 4.39 Å². The van der Waals surface area contributed by atoms with E-state index in [0.29, 0.717) is 18.4 Å². The molecule has 0 spiro atoms. The Labute approximate surface area is 289 Å². The topological polar surface area (TPSA) is 95.9 Å². The molecule has 8 rings (SSSR count). The summed E-state index contributed by atoms with van der Waals surface area (Å²) in [7, 11) is -5.44. The summed E-state index contributed by atoms with van der Waals surface area (Å²) in [4.78, 5) is 12.7. The lowest BCUT2D eigenvalue weighted by Crippen LogP contribution is -2.51. The Morgan fingerprint density at radius 2 is 1.78 bits per heavy atom. The molecule has 4 aromatic rings. The van der Waals surface area contributed by atoms with E-state index < -0.39 is 55.8 Å². The number of sulfone groups is 1. The van der Waals surface area contributed by atoms with E-state index in [4.69, 9.17) is 11.2 Å². The SMILES string of the molecule is C#Cc1c(F)ccc2cc(O)cc(-c3ccc4c(N5C[C@H]6CC[C@@H](C5)C6S(=O)(=O)C(F)(F)F)nc(OC[C@@]56CCCN5C[C@H](F)C6)nc4c3F)c12. The number of anilines is 1. The molecule has 2 bridgehead atoms. The molecule has 1 unspecified atom stereocenters. The van der Waals surface area contributed by atoms with E-state index in [0.717, 1.165) is 12.5 Å². The summed E-state index contributed by atoms with van der Waals surface area (Å²) in [5.41, 5.74) is -6.34. The number of fused-ring (bicyclic) bond motifs is 5. The molecule has 268 valence electrons. The van der Waals surface area contributed by atoms with Crippen LogP contribution >= 0.6 is 0 Å². The third-order valence-corrected chi connectivity index (χ3v) is 13.3. The Balaban J connectivity index is 1.26. The number of benzene rings is 3. The average Bonchev–Trinajstić information content (AvgIpc) is 3.70. The van der Waals surface area contributed by atoms with Crippen LogP contribution in [0.3, 0.4) is 0 Å². The Kier molecular flexibility index (Phi) is 7.88. The van der Waals surface area contributed by atoms with E-state index in [2.05, 4.69) is 15.9 Å². The molecule has 0 radical (unpaired) electrons. The van der Waals surface area contributed by atoms with E-state index in [-0.39, 0.29) is 96.1 Å². The fourth-order valence-corrected chi connectivity index (χ4v) is 10.8. The maximum atomic E-state index is 16.9.